The highest BCUT2D eigenvalue weighted by Crippen LogP contribution is 2.38. The van der Waals surface area contributed by atoms with Crippen molar-refractivity contribution in [3.63, 3.8) is 0 Å². The molecule has 0 spiro atoms. The first-order valence-electron chi connectivity index (χ1n) is 7.93. The number of hydrogen-bond acceptors (Lipinski definition) is 6. The highest BCUT2D eigenvalue weighted by atomic mass is 35.5. The number of nitrogens with one attached hydrogen (secondary N) is 1. The van der Waals surface area contributed by atoms with Crippen LogP contribution >= 0.6 is 23.4 Å². The van der Waals surface area contributed by atoms with Gasteiger partial charge in [-0.3, -0.25) is 4.79 Å². The molecule has 0 unspecified atom stereocenters. The summed E-state index contributed by atoms with van der Waals surface area (Å²) < 4.78 is 11.1. The van der Waals surface area contributed by atoms with Crippen LogP contribution in [0.15, 0.2) is 35.7 Å². The Bertz CT molecular complexity index is 745. The van der Waals surface area contributed by atoms with Gasteiger partial charge >= 0.3 is 0 Å². The number of amides is 1. The maximum Gasteiger partial charge on any atom is 0.233 e. The fourth-order valence-electron chi connectivity index (χ4n) is 2.34. The van der Waals surface area contributed by atoms with Crippen LogP contribution in [-0.2, 0) is 11.2 Å². The molecule has 25 heavy (non-hydrogen) atoms. The number of carbonyl (C=O) groups excluding carboxylic acids is 1. The van der Waals surface area contributed by atoms with Crippen molar-refractivity contribution >= 4 is 29.3 Å². The van der Waals surface area contributed by atoms with Crippen molar-refractivity contribution in [1.29, 1.82) is 0 Å². The molecule has 1 aromatic heterocycles. The van der Waals surface area contributed by atoms with Crippen molar-refractivity contribution in [2.45, 2.75) is 23.8 Å². The molecule has 1 aliphatic heterocycles. The highest BCUT2D eigenvalue weighted by molar-refractivity contribution is 8.00. The number of hydrogen-bond donors (Lipinski definition) is 1. The molecular weight excluding hydrogens is 362 g/mol. The van der Waals surface area contributed by atoms with Gasteiger partial charge in [-0.05, 0) is 37.1 Å². The smallest absolute Gasteiger partial charge is 0.233 e. The number of rotatable bonds is 6. The van der Waals surface area contributed by atoms with Gasteiger partial charge in [-0.1, -0.05) is 23.4 Å². The maximum atomic E-state index is 12.2. The van der Waals surface area contributed by atoms with E-state index in [2.05, 4.69) is 15.3 Å². The van der Waals surface area contributed by atoms with Crippen LogP contribution in [0, 0.1) is 0 Å². The monoisotopic (exact) mass is 379 g/mol. The third kappa shape index (κ3) is 4.76. The van der Waals surface area contributed by atoms with Crippen LogP contribution in [0.2, 0.25) is 5.02 Å². The van der Waals surface area contributed by atoms with E-state index in [1.165, 1.54) is 11.8 Å². The van der Waals surface area contributed by atoms with Gasteiger partial charge in [0.25, 0.3) is 0 Å². The summed E-state index contributed by atoms with van der Waals surface area (Å²) in [6.45, 7) is 3.36. The molecule has 1 atom stereocenters. The number of aromatic nitrogens is 2. The number of halogens is 1. The van der Waals surface area contributed by atoms with Crippen molar-refractivity contribution in [1.82, 2.24) is 15.3 Å². The van der Waals surface area contributed by atoms with Crippen LogP contribution in [0.4, 0.5) is 0 Å². The molecule has 0 bridgehead atoms. The molecule has 2 aromatic rings. The molecule has 1 N–H and O–H groups in total. The molecule has 1 amide bonds. The summed E-state index contributed by atoms with van der Waals surface area (Å²) in [5, 5.41) is 3.77. The average molecular weight is 380 g/mol. The SMILES string of the molecule is C[C@@H](Sc1ncccn1)C(=O)NCCc1cc(Cl)c2c(c1)OCCO2. The first kappa shape index (κ1) is 17.8. The van der Waals surface area contributed by atoms with Gasteiger partial charge in [-0.2, -0.15) is 0 Å². The largest absolute Gasteiger partial charge is 0.486 e. The van der Waals surface area contributed by atoms with E-state index in [9.17, 15) is 4.79 Å². The molecule has 1 aromatic carbocycles. The number of thioether (sulfide) groups is 1. The number of nitrogens with zero attached hydrogens (tertiary/aromatic N) is 2. The fraction of sp³-hybridized carbons (Fsp3) is 0.353. The summed E-state index contributed by atoms with van der Waals surface area (Å²) in [6.07, 6.45) is 3.97. The number of benzene rings is 1. The molecule has 1 aliphatic rings. The molecule has 0 radical (unpaired) electrons. The third-order valence-electron chi connectivity index (χ3n) is 3.56. The Morgan fingerprint density at radius 1 is 1.32 bits per heavy atom. The predicted octanol–water partition coefficient (Wildman–Crippen LogP) is 2.74. The topological polar surface area (TPSA) is 73.3 Å². The summed E-state index contributed by atoms with van der Waals surface area (Å²) >= 11 is 7.55. The molecule has 2 heterocycles. The Morgan fingerprint density at radius 3 is 2.88 bits per heavy atom. The van der Waals surface area contributed by atoms with E-state index in [1.807, 2.05) is 19.1 Å². The predicted molar refractivity (Wildman–Crippen MR) is 96.5 cm³/mol. The molecule has 0 aliphatic carbocycles. The normalized spacial score (nSPS) is 14.0. The molecule has 6 nitrogen and oxygen atoms in total. The highest BCUT2D eigenvalue weighted by Gasteiger charge is 2.18. The molecule has 0 saturated carbocycles. The quantitative estimate of drug-likeness (QED) is 0.614. The number of fused-ring (bicyclic) bond motifs is 1. The molecular formula is C17H18ClN3O3S. The van der Waals surface area contributed by atoms with Gasteiger partial charge in [0.05, 0.1) is 10.3 Å². The Labute approximate surface area is 155 Å². The van der Waals surface area contributed by atoms with E-state index >= 15 is 0 Å². The van der Waals surface area contributed by atoms with Gasteiger partial charge in [0.2, 0.25) is 5.91 Å². The summed E-state index contributed by atoms with van der Waals surface area (Å²) in [4.78, 5) is 20.4. The number of carbonyl (C=O) groups is 1. The zero-order chi connectivity index (χ0) is 17.6. The lowest BCUT2D eigenvalue weighted by atomic mass is 10.1. The fourth-order valence-corrected chi connectivity index (χ4v) is 3.38. The number of ether oxygens (including phenoxy) is 2. The second-order valence-electron chi connectivity index (χ2n) is 5.43. The summed E-state index contributed by atoms with van der Waals surface area (Å²) in [7, 11) is 0. The van der Waals surface area contributed by atoms with Crippen LogP contribution in [0.5, 0.6) is 11.5 Å². The van der Waals surface area contributed by atoms with Gasteiger partial charge in [0.15, 0.2) is 16.7 Å². The van der Waals surface area contributed by atoms with E-state index in [-0.39, 0.29) is 11.2 Å². The summed E-state index contributed by atoms with van der Waals surface area (Å²) in [6, 6.07) is 5.49. The first-order chi connectivity index (χ1) is 12.1. The zero-order valence-corrected chi connectivity index (χ0v) is 15.3. The van der Waals surface area contributed by atoms with Crippen LogP contribution in [0.25, 0.3) is 0 Å². The first-order valence-corrected chi connectivity index (χ1v) is 9.18. The molecule has 0 fully saturated rings. The lowest BCUT2D eigenvalue weighted by molar-refractivity contribution is -0.120. The molecule has 8 heteroatoms. The van der Waals surface area contributed by atoms with Gasteiger partial charge in [-0.15, -0.1) is 0 Å². The van der Waals surface area contributed by atoms with Crippen LogP contribution in [0.3, 0.4) is 0 Å². The van der Waals surface area contributed by atoms with E-state index in [1.54, 1.807) is 18.5 Å². The average Bonchev–Trinajstić information content (AvgIpc) is 2.62. The van der Waals surface area contributed by atoms with Crippen molar-refractivity contribution in [3.8, 4) is 11.5 Å². The maximum absolute atomic E-state index is 12.2. The van der Waals surface area contributed by atoms with Crippen molar-refractivity contribution in [3.05, 3.63) is 41.2 Å². The van der Waals surface area contributed by atoms with Gasteiger partial charge < -0.3 is 14.8 Å². The minimum atomic E-state index is -0.272. The zero-order valence-electron chi connectivity index (χ0n) is 13.7. The lowest BCUT2D eigenvalue weighted by Gasteiger charge is -2.20. The lowest BCUT2D eigenvalue weighted by Crippen LogP contribution is -2.32. The molecule has 132 valence electrons. The van der Waals surface area contributed by atoms with Crippen LogP contribution in [0.1, 0.15) is 12.5 Å². The van der Waals surface area contributed by atoms with Crippen LogP contribution < -0.4 is 14.8 Å². The second-order valence-corrected chi connectivity index (χ2v) is 7.15. The standard InChI is InChI=1S/C17H18ClN3O3S/c1-11(25-17-20-4-2-5-21-17)16(22)19-6-3-12-9-13(18)15-14(10-12)23-7-8-24-15/h2,4-5,9-11H,3,6-8H2,1H3,(H,19,22)/t11-/m1/s1. The van der Waals surface area contributed by atoms with Crippen molar-refractivity contribution in [2.75, 3.05) is 19.8 Å². The Hall–Kier alpha value is -1.99. The molecule has 0 saturated heterocycles. The van der Waals surface area contributed by atoms with E-state index < -0.39 is 0 Å². The Kier molecular flexibility index (Phi) is 5.99. The Balaban J connectivity index is 1.50. The van der Waals surface area contributed by atoms with Gasteiger partial charge in [-0.25, -0.2) is 9.97 Å². The van der Waals surface area contributed by atoms with Crippen molar-refractivity contribution in [2.24, 2.45) is 0 Å². The van der Waals surface area contributed by atoms with Gasteiger partial charge in [0, 0.05) is 18.9 Å². The third-order valence-corrected chi connectivity index (χ3v) is 4.83. The van der Waals surface area contributed by atoms with Crippen molar-refractivity contribution < 1.29 is 14.3 Å². The van der Waals surface area contributed by atoms with E-state index in [0.29, 0.717) is 47.9 Å². The van der Waals surface area contributed by atoms with Gasteiger partial charge in [0.1, 0.15) is 13.2 Å². The summed E-state index contributed by atoms with van der Waals surface area (Å²) in [5.41, 5.74) is 0.987. The molecule has 3 rings (SSSR count). The van der Waals surface area contributed by atoms with E-state index in [4.69, 9.17) is 21.1 Å². The van der Waals surface area contributed by atoms with E-state index in [0.717, 1.165) is 5.56 Å². The Morgan fingerprint density at radius 2 is 2.08 bits per heavy atom. The second kappa shape index (κ2) is 8.40. The minimum Gasteiger partial charge on any atom is -0.486 e. The minimum absolute atomic E-state index is 0.0545. The summed E-state index contributed by atoms with van der Waals surface area (Å²) in [5.74, 6) is 1.19. The van der Waals surface area contributed by atoms with Crippen LogP contribution in [-0.4, -0.2) is 40.9 Å².